The average molecular weight is 393 g/mol. The van der Waals surface area contributed by atoms with Gasteiger partial charge in [0, 0.05) is 16.8 Å². The fraction of sp³-hybridized carbons (Fsp3) is 0.222. The molecule has 1 heterocycles. The molecule has 130 valence electrons. The molecule has 2 aromatic rings. The lowest BCUT2D eigenvalue weighted by Gasteiger charge is -2.15. The Morgan fingerprint density at radius 2 is 2.20 bits per heavy atom. The summed E-state index contributed by atoms with van der Waals surface area (Å²) in [4.78, 5) is 16.9. The van der Waals surface area contributed by atoms with Gasteiger partial charge in [-0.1, -0.05) is 53.3 Å². The van der Waals surface area contributed by atoms with Gasteiger partial charge in [0.15, 0.2) is 0 Å². The fourth-order valence-electron chi connectivity index (χ4n) is 2.33. The molecular formula is C18H17ClN2O2S2. The molecule has 0 spiro atoms. The molecule has 1 N–H and O–H groups in total. The minimum atomic E-state index is -0.104. The molecule has 3 rings (SSSR count). The van der Waals surface area contributed by atoms with E-state index in [0.29, 0.717) is 22.2 Å². The summed E-state index contributed by atoms with van der Waals surface area (Å²) < 4.78 is 6.19. The molecule has 2 aromatic carbocycles. The number of para-hydroxylation sites is 1. The van der Waals surface area contributed by atoms with Crippen LogP contribution in [0.15, 0.2) is 41.4 Å². The van der Waals surface area contributed by atoms with Gasteiger partial charge in [0.25, 0.3) is 0 Å². The van der Waals surface area contributed by atoms with Crippen LogP contribution in [0.4, 0.5) is 11.4 Å². The third-order valence-electron chi connectivity index (χ3n) is 3.64. The van der Waals surface area contributed by atoms with Crippen LogP contribution in [0.5, 0.6) is 5.75 Å². The van der Waals surface area contributed by atoms with Crippen molar-refractivity contribution in [1.29, 1.82) is 0 Å². The summed E-state index contributed by atoms with van der Waals surface area (Å²) in [6.07, 6.45) is 0. The topological polar surface area (TPSA) is 50.7 Å². The molecule has 7 heteroatoms. The van der Waals surface area contributed by atoms with Gasteiger partial charge in [0.2, 0.25) is 5.91 Å². The molecule has 0 saturated heterocycles. The highest BCUT2D eigenvalue weighted by molar-refractivity contribution is 8.38. The van der Waals surface area contributed by atoms with Crippen molar-refractivity contribution >= 4 is 56.8 Å². The SMILES string of the molecule is COc1cc(Cl)c(C)cc1NC(=O)CSC1=Nc2ccccc2CS1. The Labute approximate surface area is 160 Å². The Bertz CT molecular complexity index is 840. The maximum Gasteiger partial charge on any atom is 0.234 e. The number of ether oxygens (including phenoxy) is 1. The minimum absolute atomic E-state index is 0.104. The number of thioether (sulfide) groups is 2. The second-order valence-corrected chi connectivity index (χ2v) is 8.03. The maximum absolute atomic E-state index is 12.3. The number of fused-ring (bicyclic) bond motifs is 1. The van der Waals surface area contributed by atoms with Gasteiger partial charge in [-0.05, 0) is 30.2 Å². The van der Waals surface area contributed by atoms with Gasteiger partial charge in [-0.2, -0.15) is 0 Å². The standard InChI is InChI=1S/C18H17ClN2O2S2/c1-11-7-15(16(23-2)8-13(11)19)20-17(22)10-25-18-21-14-6-4-3-5-12(14)9-24-18/h3-8H,9-10H2,1-2H3,(H,20,22). The van der Waals surface area contributed by atoms with E-state index in [1.165, 1.54) is 17.3 Å². The van der Waals surface area contributed by atoms with Gasteiger partial charge in [-0.3, -0.25) is 4.79 Å². The van der Waals surface area contributed by atoms with E-state index in [2.05, 4.69) is 16.4 Å². The molecule has 0 radical (unpaired) electrons. The van der Waals surface area contributed by atoms with E-state index < -0.39 is 0 Å². The quantitative estimate of drug-likeness (QED) is 0.770. The van der Waals surface area contributed by atoms with Gasteiger partial charge in [0.05, 0.1) is 24.2 Å². The molecule has 0 unspecified atom stereocenters. The summed E-state index contributed by atoms with van der Waals surface area (Å²) in [7, 11) is 1.55. The van der Waals surface area contributed by atoms with E-state index in [1.807, 2.05) is 31.2 Å². The van der Waals surface area contributed by atoms with E-state index in [0.717, 1.165) is 21.4 Å². The molecule has 4 nitrogen and oxygen atoms in total. The van der Waals surface area contributed by atoms with Gasteiger partial charge in [-0.15, -0.1) is 0 Å². The first kappa shape index (κ1) is 18.2. The van der Waals surface area contributed by atoms with Crippen molar-refractivity contribution < 1.29 is 9.53 Å². The number of amides is 1. The minimum Gasteiger partial charge on any atom is -0.495 e. The third-order valence-corrected chi connectivity index (χ3v) is 6.29. The number of aryl methyl sites for hydroxylation is 1. The number of hydrogen-bond acceptors (Lipinski definition) is 5. The Balaban J connectivity index is 1.63. The second kappa shape index (κ2) is 8.17. The summed E-state index contributed by atoms with van der Waals surface area (Å²) >= 11 is 9.19. The van der Waals surface area contributed by atoms with Crippen molar-refractivity contribution in [1.82, 2.24) is 0 Å². The van der Waals surface area contributed by atoms with Gasteiger partial charge in [0.1, 0.15) is 10.1 Å². The van der Waals surface area contributed by atoms with Gasteiger partial charge >= 0.3 is 0 Å². The summed E-state index contributed by atoms with van der Waals surface area (Å²) in [6, 6.07) is 11.6. The second-order valence-electron chi connectivity index (χ2n) is 5.43. The highest BCUT2D eigenvalue weighted by Crippen LogP contribution is 2.35. The van der Waals surface area contributed by atoms with Crippen LogP contribution < -0.4 is 10.1 Å². The average Bonchev–Trinajstić information content (AvgIpc) is 2.62. The zero-order chi connectivity index (χ0) is 17.8. The van der Waals surface area contributed by atoms with Crippen LogP contribution in [-0.2, 0) is 10.5 Å². The molecule has 25 heavy (non-hydrogen) atoms. The summed E-state index contributed by atoms with van der Waals surface area (Å²) in [6.45, 7) is 1.89. The van der Waals surface area contributed by atoms with Crippen molar-refractivity contribution in [3.8, 4) is 5.75 Å². The number of aliphatic imine (C=N–C) groups is 1. The first-order valence-electron chi connectivity index (χ1n) is 7.63. The summed E-state index contributed by atoms with van der Waals surface area (Å²) in [5, 5.41) is 3.49. The molecule has 1 aliphatic rings. The van der Waals surface area contributed by atoms with Crippen LogP contribution in [0.2, 0.25) is 5.02 Å². The Morgan fingerprint density at radius 3 is 3.00 bits per heavy atom. The van der Waals surface area contributed by atoms with Crippen molar-refractivity contribution in [2.75, 3.05) is 18.2 Å². The lowest BCUT2D eigenvalue weighted by atomic mass is 10.2. The molecule has 0 bridgehead atoms. The van der Waals surface area contributed by atoms with E-state index >= 15 is 0 Å². The first-order valence-corrected chi connectivity index (χ1v) is 9.98. The zero-order valence-electron chi connectivity index (χ0n) is 13.8. The number of carbonyl (C=O) groups is 1. The number of hydrogen-bond donors (Lipinski definition) is 1. The first-order chi connectivity index (χ1) is 12.1. The van der Waals surface area contributed by atoms with E-state index in [9.17, 15) is 4.79 Å². The summed E-state index contributed by atoms with van der Waals surface area (Å²) in [5.74, 6) is 1.62. The number of rotatable bonds is 4. The predicted octanol–water partition coefficient (Wildman–Crippen LogP) is 5.26. The third kappa shape index (κ3) is 4.51. The van der Waals surface area contributed by atoms with Gasteiger partial charge in [-0.25, -0.2) is 4.99 Å². The number of nitrogens with zero attached hydrogens (tertiary/aromatic N) is 1. The lowest BCUT2D eigenvalue weighted by Crippen LogP contribution is -2.16. The molecule has 1 amide bonds. The predicted molar refractivity (Wildman–Crippen MR) is 109 cm³/mol. The van der Waals surface area contributed by atoms with Crippen molar-refractivity contribution in [3.05, 3.63) is 52.5 Å². The highest BCUT2D eigenvalue weighted by Gasteiger charge is 2.15. The molecule has 0 fully saturated rings. The Hall–Kier alpha value is -1.63. The van der Waals surface area contributed by atoms with E-state index in [1.54, 1.807) is 24.9 Å². The largest absolute Gasteiger partial charge is 0.495 e. The number of benzene rings is 2. The molecule has 1 aliphatic heterocycles. The maximum atomic E-state index is 12.3. The normalized spacial score (nSPS) is 13.0. The summed E-state index contributed by atoms with van der Waals surface area (Å²) in [5.41, 5.74) is 3.72. The smallest absolute Gasteiger partial charge is 0.234 e. The molecular weight excluding hydrogens is 376 g/mol. The fourth-order valence-corrected chi connectivity index (χ4v) is 4.35. The van der Waals surface area contributed by atoms with Crippen molar-refractivity contribution in [2.24, 2.45) is 4.99 Å². The Kier molecular flexibility index (Phi) is 5.93. The van der Waals surface area contributed by atoms with E-state index in [-0.39, 0.29) is 5.91 Å². The van der Waals surface area contributed by atoms with Crippen LogP contribution in [0.1, 0.15) is 11.1 Å². The molecule has 0 aliphatic carbocycles. The number of anilines is 1. The number of halogens is 1. The highest BCUT2D eigenvalue weighted by atomic mass is 35.5. The number of carbonyl (C=O) groups excluding carboxylic acids is 1. The van der Waals surface area contributed by atoms with Crippen LogP contribution in [0, 0.1) is 6.92 Å². The van der Waals surface area contributed by atoms with Crippen LogP contribution in [-0.4, -0.2) is 23.1 Å². The van der Waals surface area contributed by atoms with E-state index in [4.69, 9.17) is 16.3 Å². The number of methoxy groups -OCH3 is 1. The van der Waals surface area contributed by atoms with Crippen LogP contribution >= 0.6 is 35.1 Å². The van der Waals surface area contributed by atoms with Crippen LogP contribution in [0.25, 0.3) is 0 Å². The lowest BCUT2D eigenvalue weighted by molar-refractivity contribution is -0.113. The monoisotopic (exact) mass is 392 g/mol. The van der Waals surface area contributed by atoms with Crippen LogP contribution in [0.3, 0.4) is 0 Å². The van der Waals surface area contributed by atoms with Crippen molar-refractivity contribution in [2.45, 2.75) is 12.7 Å². The van der Waals surface area contributed by atoms with Crippen molar-refractivity contribution in [3.63, 3.8) is 0 Å². The molecule has 0 aromatic heterocycles. The Morgan fingerprint density at radius 1 is 1.40 bits per heavy atom. The van der Waals surface area contributed by atoms with Gasteiger partial charge < -0.3 is 10.1 Å². The molecule has 0 saturated carbocycles. The molecule has 0 atom stereocenters. The zero-order valence-corrected chi connectivity index (χ0v) is 16.2. The number of nitrogens with one attached hydrogen (secondary N) is 1.